The van der Waals surface area contributed by atoms with Crippen LogP contribution in [0.1, 0.15) is 6.42 Å². The zero-order chi connectivity index (χ0) is 11.1. The summed E-state index contributed by atoms with van der Waals surface area (Å²) in [5.41, 5.74) is 0. The Morgan fingerprint density at radius 3 is 3.07 bits per heavy atom. The Morgan fingerprint density at radius 1 is 1.67 bits per heavy atom. The van der Waals surface area contributed by atoms with Gasteiger partial charge in [0.15, 0.2) is 0 Å². The van der Waals surface area contributed by atoms with E-state index in [0.29, 0.717) is 0 Å². The lowest BCUT2D eigenvalue weighted by atomic mass is 10.2. The van der Waals surface area contributed by atoms with Gasteiger partial charge in [0.2, 0.25) is 5.91 Å². The van der Waals surface area contributed by atoms with Gasteiger partial charge >= 0.3 is 0 Å². The highest BCUT2D eigenvalue weighted by Gasteiger charge is 2.23. The number of carbonyl (C=O) groups is 1. The van der Waals surface area contributed by atoms with Gasteiger partial charge in [0.05, 0.1) is 6.04 Å². The number of nitrogens with one attached hydrogen (secondary N) is 2. The van der Waals surface area contributed by atoms with E-state index in [1.54, 1.807) is 0 Å². The maximum Gasteiger partial charge on any atom is 0.240 e. The number of rotatable bonds is 5. The Morgan fingerprint density at radius 2 is 2.47 bits per heavy atom. The molecule has 1 aliphatic rings. The summed E-state index contributed by atoms with van der Waals surface area (Å²) in [4.78, 5) is 13.8. The van der Waals surface area contributed by atoms with E-state index in [1.165, 1.54) is 0 Å². The van der Waals surface area contributed by atoms with Gasteiger partial charge in [0.1, 0.15) is 0 Å². The second-order valence-corrected chi connectivity index (χ2v) is 4.95. The fourth-order valence-corrected chi connectivity index (χ4v) is 2.52. The summed E-state index contributed by atoms with van der Waals surface area (Å²) in [6.45, 7) is 2.75. The summed E-state index contributed by atoms with van der Waals surface area (Å²) < 4.78 is 0. The van der Waals surface area contributed by atoms with Crippen LogP contribution in [0, 0.1) is 0 Å². The number of hydrogen-bond acceptors (Lipinski definition) is 4. The molecular formula is C10H21N3OS. The molecule has 2 N–H and O–H groups in total. The van der Waals surface area contributed by atoms with Crippen molar-refractivity contribution >= 4 is 17.7 Å². The first-order valence-corrected chi connectivity index (χ1v) is 6.62. The van der Waals surface area contributed by atoms with Gasteiger partial charge in [-0.3, -0.25) is 4.79 Å². The highest BCUT2D eigenvalue weighted by atomic mass is 32.2. The lowest BCUT2D eigenvalue weighted by Crippen LogP contribution is -2.49. The van der Waals surface area contributed by atoms with Crippen molar-refractivity contribution in [3.8, 4) is 0 Å². The maximum absolute atomic E-state index is 11.9. The van der Waals surface area contributed by atoms with Crippen LogP contribution in [0.2, 0.25) is 0 Å². The van der Waals surface area contributed by atoms with E-state index in [0.717, 1.165) is 37.6 Å². The van der Waals surface area contributed by atoms with E-state index in [4.69, 9.17) is 0 Å². The minimum atomic E-state index is 0.0309. The average molecular weight is 231 g/mol. The van der Waals surface area contributed by atoms with Crippen LogP contribution in [0.15, 0.2) is 0 Å². The topological polar surface area (TPSA) is 44.4 Å². The molecule has 0 aromatic carbocycles. The molecule has 1 unspecified atom stereocenters. The molecule has 0 aliphatic carbocycles. The summed E-state index contributed by atoms with van der Waals surface area (Å²) in [7, 11) is 3.82. The van der Waals surface area contributed by atoms with Crippen LogP contribution in [-0.2, 0) is 4.79 Å². The molecule has 0 bridgehead atoms. The van der Waals surface area contributed by atoms with Crippen molar-refractivity contribution in [2.45, 2.75) is 12.5 Å². The van der Waals surface area contributed by atoms with Crippen LogP contribution in [-0.4, -0.2) is 62.1 Å². The SMILES string of the molecule is CNCCCN(C)C(=O)C1CSCCN1. The number of thioether (sulfide) groups is 1. The van der Waals surface area contributed by atoms with Crippen molar-refractivity contribution in [1.82, 2.24) is 15.5 Å². The van der Waals surface area contributed by atoms with E-state index in [2.05, 4.69) is 10.6 Å². The minimum absolute atomic E-state index is 0.0309. The quantitative estimate of drug-likeness (QED) is 0.641. The van der Waals surface area contributed by atoms with Crippen LogP contribution >= 0.6 is 11.8 Å². The Labute approximate surface area is 96.2 Å². The molecule has 1 amide bonds. The lowest BCUT2D eigenvalue weighted by Gasteiger charge is -2.27. The standard InChI is InChI=1S/C10H21N3OS/c1-11-4-3-6-13(2)10(14)9-8-15-7-5-12-9/h9,11-12H,3-8H2,1-2H3. The molecule has 0 aromatic rings. The van der Waals surface area contributed by atoms with Gasteiger partial charge in [-0.05, 0) is 20.0 Å². The fraction of sp³-hybridized carbons (Fsp3) is 0.900. The predicted octanol–water partition coefficient (Wildman–Crippen LogP) is -0.241. The number of hydrogen-bond donors (Lipinski definition) is 2. The highest BCUT2D eigenvalue weighted by molar-refractivity contribution is 7.99. The number of amides is 1. The lowest BCUT2D eigenvalue weighted by molar-refractivity contribution is -0.131. The number of likely N-dealkylation sites (N-methyl/N-ethyl adjacent to an activating group) is 1. The smallest absolute Gasteiger partial charge is 0.240 e. The summed E-state index contributed by atoms with van der Waals surface area (Å²) >= 11 is 1.85. The maximum atomic E-state index is 11.9. The summed E-state index contributed by atoms with van der Waals surface area (Å²) in [5.74, 6) is 2.26. The molecule has 1 heterocycles. The Bertz CT molecular complexity index is 195. The molecule has 0 spiro atoms. The van der Waals surface area contributed by atoms with Gasteiger partial charge in [-0.2, -0.15) is 11.8 Å². The van der Waals surface area contributed by atoms with Gasteiger partial charge < -0.3 is 15.5 Å². The van der Waals surface area contributed by atoms with E-state index < -0.39 is 0 Å². The second-order valence-electron chi connectivity index (χ2n) is 3.80. The Hall–Kier alpha value is -0.260. The Balaban J connectivity index is 2.24. The third kappa shape index (κ3) is 4.40. The highest BCUT2D eigenvalue weighted by Crippen LogP contribution is 2.09. The molecule has 0 saturated carbocycles. The van der Waals surface area contributed by atoms with Gasteiger partial charge in [0, 0.05) is 31.6 Å². The summed E-state index contributed by atoms with van der Waals surface area (Å²) in [6, 6.07) is 0.0309. The van der Waals surface area contributed by atoms with Crippen LogP contribution in [0.4, 0.5) is 0 Å². The normalized spacial score (nSPS) is 21.3. The van der Waals surface area contributed by atoms with E-state index in [-0.39, 0.29) is 11.9 Å². The van der Waals surface area contributed by atoms with E-state index in [9.17, 15) is 4.79 Å². The minimum Gasteiger partial charge on any atom is -0.344 e. The molecular weight excluding hydrogens is 210 g/mol. The molecule has 0 aromatic heterocycles. The molecule has 4 nitrogen and oxygen atoms in total. The fourth-order valence-electron chi connectivity index (χ4n) is 1.59. The largest absolute Gasteiger partial charge is 0.344 e. The molecule has 88 valence electrons. The monoisotopic (exact) mass is 231 g/mol. The van der Waals surface area contributed by atoms with Crippen molar-refractivity contribution in [3.05, 3.63) is 0 Å². The molecule has 0 radical (unpaired) electrons. The summed E-state index contributed by atoms with van der Waals surface area (Å²) in [5, 5.41) is 6.35. The molecule has 1 fully saturated rings. The molecule has 15 heavy (non-hydrogen) atoms. The summed E-state index contributed by atoms with van der Waals surface area (Å²) in [6.07, 6.45) is 1.01. The zero-order valence-corrected chi connectivity index (χ0v) is 10.4. The van der Waals surface area contributed by atoms with Crippen LogP contribution in [0.3, 0.4) is 0 Å². The molecule has 1 aliphatic heterocycles. The molecule has 5 heteroatoms. The third-order valence-electron chi connectivity index (χ3n) is 2.52. The van der Waals surface area contributed by atoms with Gasteiger partial charge in [0.25, 0.3) is 0 Å². The predicted molar refractivity (Wildman–Crippen MR) is 65.3 cm³/mol. The van der Waals surface area contributed by atoms with E-state index in [1.807, 2.05) is 30.8 Å². The van der Waals surface area contributed by atoms with Crippen molar-refractivity contribution in [1.29, 1.82) is 0 Å². The van der Waals surface area contributed by atoms with Gasteiger partial charge in [-0.25, -0.2) is 0 Å². The average Bonchev–Trinajstić information content (AvgIpc) is 2.29. The van der Waals surface area contributed by atoms with Crippen LogP contribution in [0.5, 0.6) is 0 Å². The first kappa shape index (κ1) is 12.8. The Kier molecular flexibility index (Phi) is 6.05. The number of nitrogens with zero attached hydrogens (tertiary/aromatic N) is 1. The molecule has 1 saturated heterocycles. The van der Waals surface area contributed by atoms with Crippen molar-refractivity contribution < 1.29 is 4.79 Å². The van der Waals surface area contributed by atoms with Crippen molar-refractivity contribution in [2.75, 3.05) is 45.2 Å². The number of carbonyl (C=O) groups excluding carboxylic acids is 1. The molecule has 1 rings (SSSR count). The van der Waals surface area contributed by atoms with Gasteiger partial charge in [-0.1, -0.05) is 0 Å². The third-order valence-corrected chi connectivity index (χ3v) is 3.58. The molecule has 1 atom stereocenters. The first-order chi connectivity index (χ1) is 7.25. The van der Waals surface area contributed by atoms with Crippen LogP contribution < -0.4 is 10.6 Å². The zero-order valence-electron chi connectivity index (χ0n) is 9.58. The van der Waals surface area contributed by atoms with Crippen molar-refractivity contribution in [3.63, 3.8) is 0 Å². The van der Waals surface area contributed by atoms with E-state index >= 15 is 0 Å². The van der Waals surface area contributed by atoms with Gasteiger partial charge in [-0.15, -0.1) is 0 Å². The van der Waals surface area contributed by atoms with Crippen LogP contribution in [0.25, 0.3) is 0 Å². The van der Waals surface area contributed by atoms with Crippen molar-refractivity contribution in [2.24, 2.45) is 0 Å². The second kappa shape index (κ2) is 7.09. The first-order valence-electron chi connectivity index (χ1n) is 5.46.